The molecular weight excluding hydrogens is 215 g/mol. The first-order valence-corrected chi connectivity index (χ1v) is 5.48. The topological polar surface area (TPSA) is 17.1 Å². The maximum Gasteiger partial charge on any atom is 0.141 e. The van der Waals surface area contributed by atoms with E-state index in [-0.39, 0.29) is 10.8 Å². The quantitative estimate of drug-likeness (QED) is 0.756. The zero-order chi connectivity index (χ0) is 10.8. The number of benzene rings is 1. The van der Waals surface area contributed by atoms with E-state index in [0.29, 0.717) is 24.5 Å². The molecule has 1 fully saturated rings. The lowest BCUT2D eigenvalue weighted by molar-refractivity contribution is -0.117. The number of carbonyl (C=O) groups excluding carboxylic acids is 1. The lowest BCUT2D eigenvalue weighted by atomic mass is 9.98. The van der Waals surface area contributed by atoms with Crippen molar-refractivity contribution in [1.29, 1.82) is 0 Å². The van der Waals surface area contributed by atoms with E-state index in [1.165, 1.54) is 6.07 Å². The largest absolute Gasteiger partial charge is 0.300 e. The van der Waals surface area contributed by atoms with Crippen LogP contribution in [0.3, 0.4) is 0 Å². The molecule has 3 heteroatoms. The van der Waals surface area contributed by atoms with Crippen molar-refractivity contribution >= 4 is 17.4 Å². The molecular formula is C12H12ClFO. The van der Waals surface area contributed by atoms with Gasteiger partial charge in [-0.2, -0.15) is 0 Å². The normalized spacial score (nSPS) is 20.9. The third-order valence-corrected chi connectivity index (χ3v) is 3.15. The second-order valence-corrected chi connectivity index (χ2v) is 4.51. The van der Waals surface area contributed by atoms with Gasteiger partial charge in [0.1, 0.15) is 11.6 Å². The molecule has 0 aromatic heterocycles. The van der Waals surface area contributed by atoms with Crippen molar-refractivity contribution in [3.63, 3.8) is 0 Å². The van der Waals surface area contributed by atoms with E-state index < -0.39 is 0 Å². The van der Waals surface area contributed by atoms with Crippen LogP contribution in [0.15, 0.2) is 18.2 Å². The van der Waals surface area contributed by atoms with Gasteiger partial charge < -0.3 is 0 Å². The summed E-state index contributed by atoms with van der Waals surface area (Å²) < 4.78 is 12.9. The highest BCUT2D eigenvalue weighted by molar-refractivity contribution is 6.30. The van der Waals surface area contributed by atoms with E-state index in [0.717, 1.165) is 18.4 Å². The van der Waals surface area contributed by atoms with Crippen molar-refractivity contribution in [2.75, 3.05) is 0 Å². The van der Waals surface area contributed by atoms with E-state index in [2.05, 4.69) is 0 Å². The van der Waals surface area contributed by atoms with Gasteiger partial charge in [-0.1, -0.05) is 17.7 Å². The van der Waals surface area contributed by atoms with Crippen LogP contribution in [0.25, 0.3) is 0 Å². The van der Waals surface area contributed by atoms with Crippen molar-refractivity contribution < 1.29 is 9.18 Å². The molecule has 80 valence electrons. The summed E-state index contributed by atoms with van der Waals surface area (Å²) >= 11 is 5.69. The minimum absolute atomic E-state index is 0.164. The number of hydrogen-bond donors (Lipinski definition) is 0. The van der Waals surface area contributed by atoms with Crippen LogP contribution in [0.4, 0.5) is 4.39 Å². The lowest BCUT2D eigenvalue weighted by Gasteiger charge is -2.08. The van der Waals surface area contributed by atoms with Crippen LogP contribution in [0.1, 0.15) is 24.8 Å². The second kappa shape index (κ2) is 4.31. The van der Waals surface area contributed by atoms with Gasteiger partial charge in [-0.15, -0.1) is 0 Å². The summed E-state index contributed by atoms with van der Waals surface area (Å²) in [6, 6.07) is 4.78. The molecule has 0 radical (unpaired) electrons. The Balaban J connectivity index is 2.05. The number of carbonyl (C=O) groups is 1. The van der Waals surface area contributed by atoms with E-state index in [4.69, 9.17) is 11.6 Å². The molecule has 2 rings (SSSR count). The standard InChI is InChI=1S/C12H12ClFO/c13-11-7-9(2-4-12(11)14)5-8-1-3-10(15)6-8/h2,4,7-8H,1,3,5-6H2. The van der Waals surface area contributed by atoms with Gasteiger partial charge in [0.25, 0.3) is 0 Å². The highest BCUT2D eigenvalue weighted by atomic mass is 35.5. The Bertz CT molecular complexity index is 389. The Morgan fingerprint density at radius 3 is 2.87 bits per heavy atom. The average molecular weight is 227 g/mol. The molecule has 0 N–H and O–H groups in total. The highest BCUT2D eigenvalue weighted by Crippen LogP contribution is 2.27. The SMILES string of the molecule is O=C1CCC(Cc2ccc(F)c(Cl)c2)C1. The summed E-state index contributed by atoms with van der Waals surface area (Å²) in [7, 11) is 0. The zero-order valence-electron chi connectivity index (χ0n) is 8.30. The maximum absolute atomic E-state index is 12.9. The van der Waals surface area contributed by atoms with Gasteiger partial charge in [-0.05, 0) is 36.5 Å². The maximum atomic E-state index is 12.9. The third kappa shape index (κ3) is 2.57. The van der Waals surface area contributed by atoms with E-state index in [1.807, 2.05) is 0 Å². The molecule has 15 heavy (non-hydrogen) atoms. The number of hydrogen-bond acceptors (Lipinski definition) is 1. The Morgan fingerprint density at radius 2 is 2.27 bits per heavy atom. The van der Waals surface area contributed by atoms with Crippen molar-refractivity contribution in [2.24, 2.45) is 5.92 Å². The monoisotopic (exact) mass is 226 g/mol. The summed E-state index contributed by atoms with van der Waals surface area (Å²) in [5, 5.41) is 0.164. The van der Waals surface area contributed by atoms with Gasteiger partial charge in [0.05, 0.1) is 5.02 Å². The first-order valence-electron chi connectivity index (χ1n) is 5.11. The van der Waals surface area contributed by atoms with Crippen LogP contribution >= 0.6 is 11.6 Å². The molecule has 1 atom stereocenters. The Hall–Kier alpha value is -0.890. The Kier molecular flexibility index (Phi) is 3.06. The van der Waals surface area contributed by atoms with Gasteiger partial charge in [0.2, 0.25) is 0 Å². The molecule has 1 aromatic rings. The smallest absolute Gasteiger partial charge is 0.141 e. The predicted octanol–water partition coefficient (Wildman–Crippen LogP) is 3.39. The molecule has 1 unspecified atom stereocenters. The van der Waals surface area contributed by atoms with Gasteiger partial charge in [0.15, 0.2) is 0 Å². The Labute approximate surface area is 93.2 Å². The van der Waals surface area contributed by atoms with Crippen LogP contribution in [-0.2, 0) is 11.2 Å². The number of ketones is 1. The van der Waals surface area contributed by atoms with E-state index in [9.17, 15) is 9.18 Å². The number of halogens is 2. The molecule has 0 saturated heterocycles. The number of Topliss-reactive ketones (excluding diaryl/α,β-unsaturated/α-hetero) is 1. The van der Waals surface area contributed by atoms with Crippen LogP contribution < -0.4 is 0 Å². The molecule has 0 heterocycles. The van der Waals surface area contributed by atoms with Crippen molar-refractivity contribution in [1.82, 2.24) is 0 Å². The minimum atomic E-state index is -0.386. The third-order valence-electron chi connectivity index (χ3n) is 2.86. The zero-order valence-corrected chi connectivity index (χ0v) is 9.06. The van der Waals surface area contributed by atoms with Crippen molar-refractivity contribution in [3.8, 4) is 0 Å². The average Bonchev–Trinajstić information content (AvgIpc) is 2.58. The van der Waals surface area contributed by atoms with Crippen LogP contribution in [0.2, 0.25) is 5.02 Å². The number of rotatable bonds is 2. The first-order chi connectivity index (χ1) is 7.15. The molecule has 0 bridgehead atoms. The summed E-state index contributed by atoms with van der Waals surface area (Å²) in [5.41, 5.74) is 1.01. The molecule has 0 spiro atoms. The Morgan fingerprint density at radius 1 is 1.47 bits per heavy atom. The minimum Gasteiger partial charge on any atom is -0.300 e. The summed E-state index contributed by atoms with van der Waals surface area (Å²) in [6.07, 6.45) is 3.13. The first kappa shape index (κ1) is 10.6. The van der Waals surface area contributed by atoms with Gasteiger partial charge in [0, 0.05) is 12.8 Å². The molecule has 0 aliphatic heterocycles. The van der Waals surface area contributed by atoms with Crippen molar-refractivity contribution in [2.45, 2.75) is 25.7 Å². The van der Waals surface area contributed by atoms with Crippen LogP contribution in [0.5, 0.6) is 0 Å². The molecule has 1 aliphatic rings. The fourth-order valence-corrected chi connectivity index (χ4v) is 2.27. The second-order valence-electron chi connectivity index (χ2n) is 4.10. The van der Waals surface area contributed by atoms with Gasteiger partial charge in [-0.3, -0.25) is 4.79 Å². The van der Waals surface area contributed by atoms with E-state index in [1.54, 1.807) is 12.1 Å². The molecule has 0 amide bonds. The van der Waals surface area contributed by atoms with Gasteiger partial charge >= 0.3 is 0 Å². The predicted molar refractivity (Wildman–Crippen MR) is 57.5 cm³/mol. The molecule has 1 nitrogen and oxygen atoms in total. The van der Waals surface area contributed by atoms with Crippen LogP contribution in [-0.4, -0.2) is 5.78 Å². The molecule has 1 aromatic carbocycles. The van der Waals surface area contributed by atoms with Crippen molar-refractivity contribution in [3.05, 3.63) is 34.6 Å². The van der Waals surface area contributed by atoms with E-state index >= 15 is 0 Å². The van der Waals surface area contributed by atoms with Gasteiger partial charge in [-0.25, -0.2) is 4.39 Å². The summed E-state index contributed by atoms with van der Waals surface area (Å²) in [4.78, 5) is 11.1. The lowest BCUT2D eigenvalue weighted by Crippen LogP contribution is -2.00. The molecule has 1 saturated carbocycles. The highest BCUT2D eigenvalue weighted by Gasteiger charge is 2.22. The fourth-order valence-electron chi connectivity index (χ4n) is 2.07. The summed E-state index contributed by atoms with van der Waals surface area (Å²) in [6.45, 7) is 0. The summed E-state index contributed by atoms with van der Waals surface area (Å²) in [5.74, 6) is 0.371. The fraction of sp³-hybridized carbons (Fsp3) is 0.417. The van der Waals surface area contributed by atoms with Crippen LogP contribution in [0, 0.1) is 11.7 Å². The molecule has 1 aliphatic carbocycles.